The summed E-state index contributed by atoms with van der Waals surface area (Å²) in [6.07, 6.45) is 0. The molecule has 8 heteroatoms. The second-order valence-corrected chi connectivity index (χ2v) is 5.70. The van der Waals surface area contributed by atoms with Gasteiger partial charge in [-0.3, -0.25) is 10.1 Å². The normalized spacial score (nSPS) is 11.1. The van der Waals surface area contributed by atoms with E-state index in [-0.39, 0.29) is 11.3 Å². The molecule has 0 amide bonds. The van der Waals surface area contributed by atoms with Crippen LogP contribution in [-0.4, -0.2) is 13.3 Å². The molecule has 110 valence electrons. The lowest BCUT2D eigenvalue weighted by Gasteiger charge is -2.07. The molecule has 0 aliphatic carbocycles. The Kier molecular flexibility index (Phi) is 4.18. The first-order valence-electron chi connectivity index (χ1n) is 5.77. The van der Waals surface area contributed by atoms with Crippen LogP contribution in [0.15, 0.2) is 48.5 Å². The van der Waals surface area contributed by atoms with Crippen LogP contribution in [0.5, 0.6) is 5.75 Å². The van der Waals surface area contributed by atoms with Crippen LogP contribution in [0.4, 0.5) is 10.1 Å². The summed E-state index contributed by atoms with van der Waals surface area (Å²) in [5.41, 5.74) is -0.743. The van der Waals surface area contributed by atoms with Crippen LogP contribution in [0.25, 0.3) is 0 Å². The third-order valence-corrected chi connectivity index (χ3v) is 3.65. The molecule has 0 saturated heterocycles. The highest BCUT2D eigenvalue weighted by molar-refractivity contribution is 7.86. The van der Waals surface area contributed by atoms with Gasteiger partial charge in [0.05, 0.1) is 11.0 Å². The van der Waals surface area contributed by atoms with E-state index in [1.165, 1.54) is 12.1 Å². The van der Waals surface area contributed by atoms with E-state index in [4.69, 9.17) is 4.18 Å². The SMILES string of the molecule is O=[N+]([O-])c1cc(F)ccc1CS(=O)(=O)Oc1ccccc1. The van der Waals surface area contributed by atoms with Crippen molar-refractivity contribution in [3.8, 4) is 5.75 Å². The standard InChI is InChI=1S/C13H10FNO5S/c14-11-7-6-10(13(8-11)15(16)17)9-21(18,19)20-12-4-2-1-3-5-12/h1-8H,9H2. The fraction of sp³-hybridized carbons (Fsp3) is 0.0769. The van der Waals surface area contributed by atoms with Gasteiger partial charge in [0.2, 0.25) is 0 Å². The lowest BCUT2D eigenvalue weighted by Crippen LogP contribution is -2.13. The van der Waals surface area contributed by atoms with Crippen LogP contribution in [0.1, 0.15) is 5.56 Å². The van der Waals surface area contributed by atoms with E-state index >= 15 is 0 Å². The number of hydrogen-bond donors (Lipinski definition) is 0. The van der Waals surface area contributed by atoms with Gasteiger partial charge in [-0.25, -0.2) is 4.39 Å². The molecule has 2 aromatic rings. The zero-order valence-electron chi connectivity index (χ0n) is 10.6. The van der Waals surface area contributed by atoms with E-state index in [0.717, 1.165) is 12.1 Å². The van der Waals surface area contributed by atoms with Crippen molar-refractivity contribution in [1.82, 2.24) is 0 Å². The summed E-state index contributed by atoms with van der Waals surface area (Å²) in [7, 11) is -4.08. The van der Waals surface area contributed by atoms with Crippen LogP contribution in [-0.2, 0) is 15.9 Å². The van der Waals surface area contributed by atoms with Gasteiger partial charge in [-0.05, 0) is 24.3 Å². The predicted molar refractivity (Wildman–Crippen MR) is 72.7 cm³/mol. The van der Waals surface area contributed by atoms with Crippen molar-refractivity contribution in [3.63, 3.8) is 0 Å². The number of halogens is 1. The molecule has 0 unspecified atom stereocenters. The molecule has 0 aliphatic rings. The van der Waals surface area contributed by atoms with E-state index in [1.807, 2.05) is 0 Å². The maximum Gasteiger partial charge on any atom is 0.313 e. The summed E-state index contributed by atoms with van der Waals surface area (Å²) >= 11 is 0. The minimum absolute atomic E-state index is 0.0993. The molecule has 2 aromatic carbocycles. The van der Waals surface area contributed by atoms with Gasteiger partial charge >= 0.3 is 10.1 Å². The first-order chi connectivity index (χ1) is 9.87. The lowest BCUT2D eigenvalue weighted by atomic mass is 10.2. The van der Waals surface area contributed by atoms with Crippen molar-refractivity contribution in [1.29, 1.82) is 0 Å². The Morgan fingerprint density at radius 2 is 1.81 bits per heavy atom. The Hall–Kier alpha value is -2.48. The van der Waals surface area contributed by atoms with Crippen LogP contribution >= 0.6 is 0 Å². The fourth-order valence-electron chi connectivity index (χ4n) is 1.67. The molecule has 0 radical (unpaired) electrons. The zero-order chi connectivity index (χ0) is 15.5. The number of hydrogen-bond acceptors (Lipinski definition) is 5. The second-order valence-electron chi connectivity index (χ2n) is 4.13. The van der Waals surface area contributed by atoms with Crippen LogP contribution in [0.2, 0.25) is 0 Å². The molecule has 2 rings (SSSR count). The fourth-order valence-corrected chi connectivity index (χ4v) is 2.76. The van der Waals surface area contributed by atoms with Crippen molar-refractivity contribution < 1.29 is 21.9 Å². The van der Waals surface area contributed by atoms with Gasteiger partial charge in [0.15, 0.2) is 0 Å². The molecule has 0 N–H and O–H groups in total. The number of para-hydroxylation sites is 1. The van der Waals surface area contributed by atoms with Crippen LogP contribution in [0.3, 0.4) is 0 Å². The molecule has 6 nitrogen and oxygen atoms in total. The predicted octanol–water partition coefficient (Wildman–Crippen LogP) is 2.64. The minimum Gasteiger partial charge on any atom is -0.382 e. The minimum atomic E-state index is -4.08. The Bertz CT molecular complexity index is 761. The number of nitro groups is 1. The van der Waals surface area contributed by atoms with E-state index in [2.05, 4.69) is 0 Å². The monoisotopic (exact) mass is 311 g/mol. The van der Waals surface area contributed by atoms with E-state index < -0.39 is 32.3 Å². The van der Waals surface area contributed by atoms with Crippen molar-refractivity contribution in [3.05, 3.63) is 70.0 Å². The van der Waals surface area contributed by atoms with Gasteiger partial charge in [0, 0.05) is 5.56 Å². The molecule has 0 saturated carbocycles. The average molecular weight is 311 g/mol. The summed E-state index contributed by atoms with van der Waals surface area (Å²) in [6, 6.07) is 10.4. The van der Waals surface area contributed by atoms with Crippen LogP contribution < -0.4 is 4.18 Å². The molecule has 0 heterocycles. The number of rotatable bonds is 5. The second kappa shape index (κ2) is 5.88. The van der Waals surface area contributed by atoms with Crippen molar-refractivity contribution >= 4 is 15.8 Å². The van der Waals surface area contributed by atoms with E-state index in [1.54, 1.807) is 18.2 Å². The zero-order valence-corrected chi connectivity index (χ0v) is 11.4. The average Bonchev–Trinajstić information content (AvgIpc) is 2.41. The van der Waals surface area contributed by atoms with Gasteiger partial charge in [-0.1, -0.05) is 18.2 Å². The summed E-state index contributed by atoms with van der Waals surface area (Å²) in [6.45, 7) is 0. The third-order valence-electron chi connectivity index (χ3n) is 2.54. The first kappa shape index (κ1) is 14.9. The molecule has 21 heavy (non-hydrogen) atoms. The summed E-state index contributed by atoms with van der Waals surface area (Å²) in [5, 5.41) is 10.8. The van der Waals surface area contributed by atoms with Crippen LogP contribution in [0, 0.1) is 15.9 Å². The molecular formula is C13H10FNO5S. The number of benzene rings is 2. The highest BCUT2D eigenvalue weighted by atomic mass is 32.2. The summed E-state index contributed by atoms with van der Waals surface area (Å²) in [5.74, 6) is -1.44. The highest BCUT2D eigenvalue weighted by Gasteiger charge is 2.22. The summed E-state index contributed by atoms with van der Waals surface area (Å²) < 4.78 is 41.6. The number of nitro benzene ring substituents is 1. The molecular weight excluding hydrogens is 301 g/mol. The maximum atomic E-state index is 13.0. The Balaban J connectivity index is 2.27. The van der Waals surface area contributed by atoms with E-state index in [0.29, 0.717) is 6.07 Å². The third kappa shape index (κ3) is 3.99. The largest absolute Gasteiger partial charge is 0.382 e. The van der Waals surface area contributed by atoms with Gasteiger partial charge < -0.3 is 4.18 Å². The molecule has 0 aromatic heterocycles. The van der Waals surface area contributed by atoms with Crippen molar-refractivity contribution in [2.24, 2.45) is 0 Å². The quantitative estimate of drug-likeness (QED) is 0.481. The highest BCUT2D eigenvalue weighted by Crippen LogP contribution is 2.23. The molecule has 0 fully saturated rings. The Labute approximate surface area is 120 Å². The molecule has 0 bridgehead atoms. The Morgan fingerprint density at radius 3 is 2.43 bits per heavy atom. The Morgan fingerprint density at radius 1 is 1.14 bits per heavy atom. The summed E-state index contributed by atoms with van der Waals surface area (Å²) in [4.78, 5) is 9.98. The first-order valence-corrected chi connectivity index (χ1v) is 7.35. The molecule has 0 spiro atoms. The van der Waals surface area contributed by atoms with Crippen molar-refractivity contribution in [2.75, 3.05) is 0 Å². The smallest absolute Gasteiger partial charge is 0.313 e. The molecule has 0 atom stereocenters. The lowest BCUT2D eigenvalue weighted by molar-refractivity contribution is -0.385. The maximum absolute atomic E-state index is 13.0. The number of nitrogens with zero attached hydrogens (tertiary/aromatic N) is 1. The topological polar surface area (TPSA) is 86.5 Å². The van der Waals surface area contributed by atoms with Crippen molar-refractivity contribution in [2.45, 2.75) is 5.75 Å². The van der Waals surface area contributed by atoms with Gasteiger partial charge in [-0.15, -0.1) is 0 Å². The van der Waals surface area contributed by atoms with E-state index in [9.17, 15) is 22.9 Å². The van der Waals surface area contributed by atoms with Gasteiger partial charge in [0.25, 0.3) is 5.69 Å². The van der Waals surface area contributed by atoms with Gasteiger partial charge in [-0.2, -0.15) is 8.42 Å². The molecule has 0 aliphatic heterocycles. The van der Waals surface area contributed by atoms with Gasteiger partial charge in [0.1, 0.15) is 17.3 Å².